The Labute approximate surface area is 211 Å². The smallest absolute Gasteiger partial charge is 0.308 e. The van der Waals surface area contributed by atoms with Gasteiger partial charge in [0, 0.05) is 24.5 Å². The predicted octanol–water partition coefficient (Wildman–Crippen LogP) is 6.11. The highest BCUT2D eigenvalue weighted by atomic mass is 33.1. The zero-order valence-corrected chi connectivity index (χ0v) is 23.7. The molecule has 0 radical (unpaired) electrons. The normalized spacial score (nSPS) is 18.5. The molecule has 0 aromatic rings. The van der Waals surface area contributed by atoms with Crippen LogP contribution in [-0.2, 0) is 23.7 Å². The van der Waals surface area contributed by atoms with Gasteiger partial charge in [0.15, 0.2) is 0 Å². The molecule has 194 valence electrons. The van der Waals surface area contributed by atoms with Crippen LogP contribution in [0.2, 0.25) is 0 Å². The molecule has 0 saturated carbocycles. The minimum absolute atomic E-state index is 0.234. The maximum absolute atomic E-state index is 11.4. The Morgan fingerprint density at radius 1 is 0.939 bits per heavy atom. The molecule has 1 aliphatic heterocycles. The van der Waals surface area contributed by atoms with Crippen LogP contribution in [0.1, 0.15) is 67.7 Å². The lowest BCUT2D eigenvalue weighted by atomic mass is 9.84. The summed E-state index contributed by atoms with van der Waals surface area (Å²) in [5, 5.41) is 0. The molecular formula is C26H48O5S2. The third-order valence-corrected chi connectivity index (χ3v) is 7.49. The lowest BCUT2D eigenvalue weighted by molar-refractivity contribution is -0.156. The van der Waals surface area contributed by atoms with Crippen molar-refractivity contribution < 1.29 is 23.7 Å². The summed E-state index contributed by atoms with van der Waals surface area (Å²) in [6.45, 7) is 17.9. The number of carbonyl (C=O) groups excluding carboxylic acids is 1. The molecule has 0 spiro atoms. The van der Waals surface area contributed by atoms with Gasteiger partial charge in [-0.2, -0.15) is 0 Å². The average Bonchev–Trinajstić information content (AvgIpc) is 2.71. The molecule has 0 bridgehead atoms. The van der Waals surface area contributed by atoms with E-state index in [0.717, 1.165) is 37.2 Å². The van der Waals surface area contributed by atoms with Crippen LogP contribution in [0, 0.1) is 36.0 Å². The molecule has 5 nitrogen and oxygen atoms in total. The molecule has 1 rings (SSSR count). The van der Waals surface area contributed by atoms with Crippen molar-refractivity contribution in [3.8, 4) is 12.3 Å². The zero-order valence-electron chi connectivity index (χ0n) is 22.0. The Balaban J connectivity index is 0.000000716. The van der Waals surface area contributed by atoms with E-state index in [1.165, 1.54) is 11.5 Å². The second kappa shape index (κ2) is 19.9. The van der Waals surface area contributed by atoms with Crippen molar-refractivity contribution in [2.75, 3.05) is 51.1 Å². The van der Waals surface area contributed by atoms with Gasteiger partial charge in [0.1, 0.15) is 5.60 Å². The van der Waals surface area contributed by atoms with E-state index in [4.69, 9.17) is 25.4 Å². The molecule has 1 aliphatic rings. The first-order chi connectivity index (χ1) is 15.6. The fourth-order valence-corrected chi connectivity index (χ4v) is 6.15. The monoisotopic (exact) mass is 504 g/mol. The molecule has 1 fully saturated rings. The molecule has 7 heteroatoms. The first-order valence-electron chi connectivity index (χ1n) is 12.2. The van der Waals surface area contributed by atoms with Crippen LogP contribution in [0.3, 0.4) is 0 Å². The maximum atomic E-state index is 11.4. The van der Waals surface area contributed by atoms with Crippen LogP contribution in [-0.4, -0.2) is 62.7 Å². The van der Waals surface area contributed by atoms with E-state index in [1.54, 1.807) is 0 Å². The lowest BCUT2D eigenvalue weighted by Gasteiger charge is -2.32. The van der Waals surface area contributed by atoms with Crippen molar-refractivity contribution in [3.05, 3.63) is 0 Å². The van der Waals surface area contributed by atoms with Crippen molar-refractivity contribution in [1.29, 1.82) is 0 Å². The summed E-state index contributed by atoms with van der Waals surface area (Å²) in [7, 11) is 3.99. The fraction of sp³-hybridized carbons (Fsp3) is 0.885. The number of ether oxygens (including phenoxy) is 4. The predicted molar refractivity (Wildman–Crippen MR) is 143 cm³/mol. The summed E-state index contributed by atoms with van der Waals surface area (Å²) < 4.78 is 21.3. The zero-order chi connectivity index (χ0) is 25.1. The number of hydrogen-bond acceptors (Lipinski definition) is 7. The van der Waals surface area contributed by atoms with Gasteiger partial charge in [0.25, 0.3) is 0 Å². The van der Waals surface area contributed by atoms with E-state index in [9.17, 15) is 4.79 Å². The van der Waals surface area contributed by atoms with E-state index in [-0.39, 0.29) is 12.4 Å². The van der Waals surface area contributed by atoms with Gasteiger partial charge in [-0.25, -0.2) is 0 Å². The van der Waals surface area contributed by atoms with Gasteiger partial charge in [-0.05, 0) is 50.9 Å². The third kappa shape index (κ3) is 20.7. The van der Waals surface area contributed by atoms with Gasteiger partial charge in [0.05, 0.1) is 39.5 Å². The summed E-state index contributed by atoms with van der Waals surface area (Å²) in [6, 6.07) is 0. The molecule has 0 amide bonds. The van der Waals surface area contributed by atoms with E-state index in [2.05, 4.69) is 33.6 Å². The summed E-state index contributed by atoms with van der Waals surface area (Å²) in [4.78, 5) is 11.4. The van der Waals surface area contributed by atoms with E-state index < -0.39 is 5.60 Å². The molecule has 2 unspecified atom stereocenters. The molecular weight excluding hydrogens is 456 g/mol. The molecule has 0 N–H and O–H groups in total. The van der Waals surface area contributed by atoms with Crippen molar-refractivity contribution >= 4 is 27.6 Å². The van der Waals surface area contributed by atoms with Gasteiger partial charge in [-0.3, -0.25) is 4.79 Å². The van der Waals surface area contributed by atoms with Crippen LogP contribution >= 0.6 is 21.6 Å². The summed E-state index contributed by atoms with van der Waals surface area (Å²) in [5.41, 5.74) is -0.435. The highest BCUT2D eigenvalue weighted by Crippen LogP contribution is 2.40. The number of rotatable bonds is 14. The van der Waals surface area contributed by atoms with Crippen molar-refractivity contribution in [2.24, 2.45) is 23.7 Å². The largest absolute Gasteiger partial charge is 0.460 e. The van der Waals surface area contributed by atoms with Gasteiger partial charge in [0.2, 0.25) is 0 Å². The quantitative estimate of drug-likeness (QED) is 0.122. The SMILES string of the molecule is C#CCC1CSSCC1C(C)C.CC(C)CCOCCOCCOCCC(=O)OC(C)(C)C. The third-order valence-electron chi connectivity index (χ3n) is 4.92. The van der Waals surface area contributed by atoms with Crippen LogP contribution in [0.25, 0.3) is 0 Å². The van der Waals surface area contributed by atoms with Crippen molar-refractivity contribution in [2.45, 2.75) is 73.3 Å². The second-order valence-electron chi connectivity index (χ2n) is 10.0. The Hall–Kier alpha value is -0.390. The molecule has 2 atom stereocenters. The van der Waals surface area contributed by atoms with E-state index in [1.807, 2.05) is 42.4 Å². The fourth-order valence-electron chi connectivity index (χ4n) is 3.03. The van der Waals surface area contributed by atoms with Crippen molar-refractivity contribution in [3.63, 3.8) is 0 Å². The lowest BCUT2D eigenvalue weighted by Crippen LogP contribution is -2.26. The standard InChI is InChI=1S/C16H32O5.C10H16S2/c1-14(2)6-8-18-10-12-20-13-11-19-9-7-15(17)21-16(3,4)5;1-4-5-9-6-11-12-7-10(9)8(2)3/h14H,6-13H2,1-5H3;1,8-10H,5-7H2,2-3H3. The highest BCUT2D eigenvalue weighted by molar-refractivity contribution is 8.76. The van der Waals surface area contributed by atoms with E-state index in [0.29, 0.717) is 39.0 Å². The number of carbonyl (C=O) groups is 1. The van der Waals surface area contributed by atoms with Crippen LogP contribution < -0.4 is 0 Å². The molecule has 0 aromatic carbocycles. The summed E-state index contributed by atoms with van der Waals surface area (Å²) >= 11 is 0. The number of terminal acetylenes is 1. The van der Waals surface area contributed by atoms with Crippen molar-refractivity contribution in [1.82, 2.24) is 0 Å². The topological polar surface area (TPSA) is 54.0 Å². The Morgan fingerprint density at radius 2 is 1.48 bits per heavy atom. The molecule has 1 heterocycles. The van der Waals surface area contributed by atoms with Gasteiger partial charge >= 0.3 is 5.97 Å². The molecule has 1 saturated heterocycles. The molecule has 0 aromatic heterocycles. The van der Waals surface area contributed by atoms with E-state index >= 15 is 0 Å². The summed E-state index contributed by atoms with van der Waals surface area (Å²) in [6.07, 6.45) is 7.67. The van der Waals surface area contributed by atoms with Crippen LogP contribution in [0.4, 0.5) is 0 Å². The second-order valence-corrected chi connectivity index (χ2v) is 12.6. The minimum Gasteiger partial charge on any atom is -0.460 e. The number of hydrogen-bond donors (Lipinski definition) is 0. The molecule has 33 heavy (non-hydrogen) atoms. The molecule has 0 aliphatic carbocycles. The number of esters is 1. The maximum Gasteiger partial charge on any atom is 0.308 e. The first kappa shape index (κ1) is 32.6. The van der Waals surface area contributed by atoms with Gasteiger partial charge < -0.3 is 18.9 Å². The summed E-state index contributed by atoms with van der Waals surface area (Å²) in [5.74, 6) is 8.16. The van der Waals surface area contributed by atoms with Gasteiger partial charge in [-0.15, -0.1) is 12.3 Å². The Morgan fingerprint density at radius 3 is 2.00 bits per heavy atom. The Kier molecular flexibility index (Phi) is 19.6. The van der Waals surface area contributed by atoms with Gasteiger partial charge in [-0.1, -0.05) is 49.3 Å². The van der Waals surface area contributed by atoms with Crippen LogP contribution in [0.15, 0.2) is 0 Å². The first-order valence-corrected chi connectivity index (χ1v) is 14.7. The van der Waals surface area contributed by atoms with Crippen LogP contribution in [0.5, 0.6) is 0 Å². The highest BCUT2D eigenvalue weighted by Gasteiger charge is 2.27. The average molecular weight is 505 g/mol. The Bertz CT molecular complexity index is 526. The minimum atomic E-state index is -0.435.